The van der Waals surface area contributed by atoms with Gasteiger partial charge >= 0.3 is 0 Å². The van der Waals surface area contributed by atoms with Crippen LogP contribution in [0.15, 0.2) is 28.8 Å². The Morgan fingerprint density at radius 3 is 2.59 bits per heavy atom. The number of nitrogens with zero attached hydrogens (tertiary/aromatic N) is 3. The molecular formula is C17H23N3O2. The van der Waals surface area contributed by atoms with Crippen LogP contribution in [-0.4, -0.2) is 41.3 Å². The van der Waals surface area contributed by atoms with Crippen LogP contribution in [-0.2, 0) is 13.2 Å². The van der Waals surface area contributed by atoms with Gasteiger partial charge in [0, 0.05) is 44.5 Å². The molecule has 0 unspecified atom stereocenters. The maximum absolute atomic E-state index is 9.01. The van der Waals surface area contributed by atoms with Crippen LogP contribution in [0.25, 0.3) is 0 Å². The maximum atomic E-state index is 9.01. The number of hydrogen-bond acceptors (Lipinski definition) is 5. The van der Waals surface area contributed by atoms with Gasteiger partial charge in [0.25, 0.3) is 0 Å². The number of aliphatic hydroxyl groups excluding tert-OH is 1. The van der Waals surface area contributed by atoms with Crippen molar-refractivity contribution >= 4 is 5.69 Å². The summed E-state index contributed by atoms with van der Waals surface area (Å²) in [5, 5.41) is 13.0. The van der Waals surface area contributed by atoms with Crippen molar-refractivity contribution in [3.8, 4) is 0 Å². The highest BCUT2D eigenvalue weighted by Gasteiger charge is 2.19. The molecule has 5 heteroatoms. The van der Waals surface area contributed by atoms with Crippen molar-refractivity contribution < 1.29 is 9.63 Å². The van der Waals surface area contributed by atoms with Crippen molar-refractivity contribution in [3.63, 3.8) is 0 Å². The third-order valence-corrected chi connectivity index (χ3v) is 4.23. The minimum Gasteiger partial charge on any atom is -0.388 e. The lowest BCUT2D eigenvalue weighted by Crippen LogP contribution is -2.46. The number of anilines is 1. The zero-order chi connectivity index (χ0) is 15.5. The van der Waals surface area contributed by atoms with Crippen molar-refractivity contribution in [2.75, 3.05) is 31.1 Å². The molecule has 0 saturated carbocycles. The van der Waals surface area contributed by atoms with Crippen LogP contribution in [0.2, 0.25) is 0 Å². The Morgan fingerprint density at radius 1 is 1.14 bits per heavy atom. The highest BCUT2D eigenvalue weighted by molar-refractivity contribution is 5.55. The van der Waals surface area contributed by atoms with Gasteiger partial charge in [0.05, 0.1) is 5.69 Å². The van der Waals surface area contributed by atoms with E-state index in [2.05, 4.69) is 47.0 Å². The standard InChI is InChI=1S/C17H23N3O2/c1-13-3-4-14(2)17(9-13)20-7-5-19(6-8-20)11-15-10-16(12-21)22-18-15/h3-4,9-10,21H,5-8,11-12H2,1-2H3. The molecule has 1 N–H and O–H groups in total. The molecule has 1 aliphatic rings. The Morgan fingerprint density at radius 2 is 1.91 bits per heavy atom. The lowest BCUT2D eigenvalue weighted by Gasteiger charge is -2.36. The van der Waals surface area contributed by atoms with Crippen molar-refractivity contribution in [3.05, 3.63) is 46.8 Å². The van der Waals surface area contributed by atoms with Gasteiger partial charge in [-0.05, 0) is 31.0 Å². The van der Waals surface area contributed by atoms with E-state index in [1.165, 1.54) is 16.8 Å². The molecule has 118 valence electrons. The van der Waals surface area contributed by atoms with Crippen LogP contribution in [0.3, 0.4) is 0 Å². The molecule has 1 aromatic carbocycles. The van der Waals surface area contributed by atoms with Crippen molar-refractivity contribution in [2.45, 2.75) is 27.0 Å². The third kappa shape index (κ3) is 3.31. The average molecular weight is 301 g/mol. The van der Waals surface area contributed by atoms with E-state index in [0.29, 0.717) is 5.76 Å². The van der Waals surface area contributed by atoms with Crippen LogP contribution >= 0.6 is 0 Å². The van der Waals surface area contributed by atoms with Gasteiger partial charge in [0.15, 0.2) is 5.76 Å². The first-order chi connectivity index (χ1) is 10.7. The van der Waals surface area contributed by atoms with Gasteiger partial charge in [-0.2, -0.15) is 0 Å². The molecule has 3 rings (SSSR count). The largest absolute Gasteiger partial charge is 0.388 e. The van der Waals surface area contributed by atoms with E-state index in [-0.39, 0.29) is 6.61 Å². The Kier molecular flexibility index (Phi) is 4.45. The summed E-state index contributed by atoms with van der Waals surface area (Å²) >= 11 is 0. The number of aryl methyl sites for hydroxylation is 2. The average Bonchev–Trinajstić information content (AvgIpc) is 2.98. The molecule has 0 radical (unpaired) electrons. The third-order valence-electron chi connectivity index (χ3n) is 4.23. The topological polar surface area (TPSA) is 52.7 Å². The lowest BCUT2D eigenvalue weighted by atomic mass is 10.1. The van der Waals surface area contributed by atoms with E-state index >= 15 is 0 Å². The quantitative estimate of drug-likeness (QED) is 0.937. The summed E-state index contributed by atoms with van der Waals surface area (Å²) in [5.74, 6) is 0.532. The maximum Gasteiger partial charge on any atom is 0.162 e. The van der Waals surface area contributed by atoms with Crippen LogP contribution in [0.1, 0.15) is 22.6 Å². The summed E-state index contributed by atoms with van der Waals surface area (Å²) in [6.07, 6.45) is 0. The Labute approximate surface area is 131 Å². The van der Waals surface area contributed by atoms with Gasteiger partial charge in [-0.1, -0.05) is 17.3 Å². The minimum atomic E-state index is -0.0899. The second kappa shape index (κ2) is 6.50. The van der Waals surface area contributed by atoms with Crippen LogP contribution in [0.4, 0.5) is 5.69 Å². The molecule has 1 fully saturated rings. The summed E-state index contributed by atoms with van der Waals surface area (Å²) in [4.78, 5) is 4.83. The lowest BCUT2D eigenvalue weighted by molar-refractivity contribution is 0.222. The molecule has 0 atom stereocenters. The summed E-state index contributed by atoms with van der Waals surface area (Å²) in [7, 11) is 0. The van der Waals surface area contributed by atoms with Gasteiger partial charge in [-0.25, -0.2) is 0 Å². The van der Waals surface area contributed by atoms with Crippen molar-refractivity contribution in [1.82, 2.24) is 10.1 Å². The van der Waals surface area contributed by atoms with Gasteiger partial charge < -0.3 is 14.5 Å². The molecule has 5 nitrogen and oxygen atoms in total. The van der Waals surface area contributed by atoms with Crippen LogP contribution in [0, 0.1) is 13.8 Å². The molecule has 22 heavy (non-hydrogen) atoms. The number of piperazine rings is 1. The monoisotopic (exact) mass is 301 g/mol. The molecule has 1 aromatic heterocycles. The van der Waals surface area contributed by atoms with Gasteiger partial charge in [0.2, 0.25) is 0 Å². The van der Waals surface area contributed by atoms with E-state index in [9.17, 15) is 0 Å². The van der Waals surface area contributed by atoms with Gasteiger partial charge in [-0.3, -0.25) is 4.90 Å². The summed E-state index contributed by atoms with van der Waals surface area (Å²) in [5.41, 5.74) is 4.89. The Hall–Kier alpha value is -1.85. The van der Waals surface area contributed by atoms with E-state index in [1.54, 1.807) is 0 Å². The zero-order valence-electron chi connectivity index (χ0n) is 13.2. The molecule has 2 aromatic rings. The highest BCUT2D eigenvalue weighted by atomic mass is 16.5. The normalized spacial score (nSPS) is 16.2. The predicted octanol–water partition coefficient (Wildman–Crippen LogP) is 2.11. The number of benzene rings is 1. The minimum absolute atomic E-state index is 0.0899. The first kappa shape index (κ1) is 15.1. The SMILES string of the molecule is Cc1ccc(C)c(N2CCN(Cc3cc(CO)on3)CC2)c1. The smallest absolute Gasteiger partial charge is 0.162 e. The zero-order valence-corrected chi connectivity index (χ0v) is 13.2. The summed E-state index contributed by atoms with van der Waals surface area (Å²) in [6, 6.07) is 8.47. The fourth-order valence-corrected chi connectivity index (χ4v) is 2.94. The van der Waals surface area contributed by atoms with Gasteiger partial charge in [0.1, 0.15) is 6.61 Å². The van der Waals surface area contributed by atoms with Crippen LogP contribution < -0.4 is 4.90 Å². The fraction of sp³-hybridized carbons (Fsp3) is 0.471. The molecule has 0 bridgehead atoms. The number of rotatable bonds is 4. The van der Waals surface area contributed by atoms with Gasteiger partial charge in [-0.15, -0.1) is 0 Å². The number of aliphatic hydroxyl groups is 1. The van der Waals surface area contributed by atoms with E-state index in [4.69, 9.17) is 9.63 Å². The molecule has 1 saturated heterocycles. The summed E-state index contributed by atoms with van der Waals surface area (Å²) in [6.45, 7) is 9.07. The Bertz CT molecular complexity index is 631. The predicted molar refractivity (Wildman–Crippen MR) is 85.8 cm³/mol. The second-order valence-electron chi connectivity index (χ2n) is 6.00. The molecule has 0 amide bonds. The number of hydrogen-bond donors (Lipinski definition) is 1. The van der Waals surface area contributed by atoms with E-state index < -0.39 is 0 Å². The van der Waals surface area contributed by atoms with E-state index in [0.717, 1.165) is 38.4 Å². The van der Waals surface area contributed by atoms with Crippen molar-refractivity contribution in [2.24, 2.45) is 0 Å². The first-order valence-electron chi connectivity index (χ1n) is 7.75. The first-order valence-corrected chi connectivity index (χ1v) is 7.75. The van der Waals surface area contributed by atoms with E-state index in [1.807, 2.05) is 6.07 Å². The van der Waals surface area contributed by atoms with Crippen molar-refractivity contribution in [1.29, 1.82) is 0 Å². The molecular weight excluding hydrogens is 278 g/mol. The van der Waals surface area contributed by atoms with Crippen LogP contribution in [0.5, 0.6) is 0 Å². The molecule has 1 aliphatic heterocycles. The highest BCUT2D eigenvalue weighted by Crippen LogP contribution is 2.23. The number of aromatic nitrogens is 1. The second-order valence-corrected chi connectivity index (χ2v) is 6.00. The fourth-order valence-electron chi connectivity index (χ4n) is 2.94. The summed E-state index contributed by atoms with van der Waals surface area (Å²) < 4.78 is 5.04. The molecule has 2 heterocycles. The Balaban J connectivity index is 1.59. The molecule has 0 aliphatic carbocycles. The molecule has 0 spiro atoms.